The summed E-state index contributed by atoms with van der Waals surface area (Å²) in [6.07, 6.45) is 21.1. The van der Waals surface area contributed by atoms with Crippen molar-refractivity contribution in [3.63, 3.8) is 0 Å². The van der Waals surface area contributed by atoms with Gasteiger partial charge < -0.3 is 9.64 Å². The molecule has 190 valence electrons. The molecule has 0 saturated carbocycles. The van der Waals surface area contributed by atoms with E-state index in [1.165, 1.54) is 99.4 Å². The van der Waals surface area contributed by atoms with Crippen molar-refractivity contribution >= 4 is 11.8 Å². The van der Waals surface area contributed by atoms with Gasteiger partial charge in [0, 0.05) is 17.8 Å². The fourth-order valence-corrected chi connectivity index (χ4v) is 6.12. The average molecular weight is 474 g/mol. The predicted octanol–water partition coefficient (Wildman–Crippen LogP) is 9.60. The second-order valence-electron chi connectivity index (χ2n) is 11.4. The molecule has 2 heteroatoms. The first kappa shape index (κ1) is 25.9. The number of hydrogen-bond donors (Lipinski definition) is 0. The molecule has 0 aliphatic carbocycles. The molecule has 0 N–H and O–H groups in total. The first-order valence-corrected chi connectivity index (χ1v) is 14.4. The molecular formula is C33H47NO. The van der Waals surface area contributed by atoms with Crippen molar-refractivity contribution in [3.8, 4) is 5.75 Å². The molecular weight excluding hydrogens is 426 g/mol. The molecule has 2 aliphatic heterocycles. The van der Waals surface area contributed by atoms with Gasteiger partial charge in [0.25, 0.3) is 0 Å². The minimum atomic E-state index is -0.475. The highest BCUT2D eigenvalue weighted by Crippen LogP contribution is 2.54. The van der Waals surface area contributed by atoms with Crippen LogP contribution in [0.3, 0.4) is 0 Å². The molecule has 0 bridgehead atoms. The largest absolute Gasteiger partial charge is 0.463 e. The molecule has 1 spiro atoms. The van der Waals surface area contributed by atoms with E-state index in [4.69, 9.17) is 4.74 Å². The van der Waals surface area contributed by atoms with Crippen molar-refractivity contribution in [3.05, 3.63) is 65.2 Å². The van der Waals surface area contributed by atoms with Crippen molar-refractivity contribution in [2.45, 2.75) is 116 Å². The van der Waals surface area contributed by atoms with Crippen molar-refractivity contribution in [1.82, 2.24) is 0 Å². The highest BCUT2D eigenvalue weighted by molar-refractivity contribution is 5.72. The molecule has 0 unspecified atom stereocenters. The van der Waals surface area contributed by atoms with Crippen LogP contribution in [0.1, 0.15) is 115 Å². The molecule has 0 amide bonds. The van der Waals surface area contributed by atoms with Gasteiger partial charge in [-0.05, 0) is 63.1 Å². The van der Waals surface area contributed by atoms with E-state index in [-0.39, 0.29) is 5.41 Å². The van der Waals surface area contributed by atoms with Crippen LogP contribution < -0.4 is 9.64 Å². The lowest BCUT2D eigenvalue weighted by atomic mass is 9.76. The van der Waals surface area contributed by atoms with Gasteiger partial charge in [-0.2, -0.15) is 0 Å². The summed E-state index contributed by atoms with van der Waals surface area (Å²) >= 11 is 0. The van der Waals surface area contributed by atoms with E-state index >= 15 is 0 Å². The number of nitrogens with zero attached hydrogens (tertiary/aromatic N) is 1. The number of rotatable bonds is 13. The van der Waals surface area contributed by atoms with Crippen LogP contribution in [-0.4, -0.2) is 12.3 Å². The third kappa shape index (κ3) is 5.47. The topological polar surface area (TPSA) is 12.5 Å². The Bertz CT molecular complexity index is 990. The molecule has 2 aromatic carbocycles. The second-order valence-corrected chi connectivity index (χ2v) is 11.4. The van der Waals surface area contributed by atoms with Crippen LogP contribution in [0, 0.1) is 6.92 Å². The Morgan fingerprint density at radius 3 is 2.09 bits per heavy atom. The zero-order valence-corrected chi connectivity index (χ0v) is 22.7. The van der Waals surface area contributed by atoms with Crippen molar-refractivity contribution in [1.29, 1.82) is 0 Å². The smallest absolute Gasteiger partial charge is 0.212 e. The maximum Gasteiger partial charge on any atom is 0.212 e. The van der Waals surface area contributed by atoms with Gasteiger partial charge in [-0.1, -0.05) is 107 Å². The minimum absolute atomic E-state index is 0.139. The van der Waals surface area contributed by atoms with Crippen LogP contribution in [-0.2, 0) is 5.41 Å². The van der Waals surface area contributed by atoms with E-state index in [2.05, 4.69) is 87.2 Å². The quantitative estimate of drug-likeness (QED) is 0.268. The van der Waals surface area contributed by atoms with Gasteiger partial charge in [0.15, 0.2) is 0 Å². The Labute approximate surface area is 214 Å². The van der Waals surface area contributed by atoms with E-state index in [1.54, 1.807) is 0 Å². The molecule has 0 fully saturated rings. The summed E-state index contributed by atoms with van der Waals surface area (Å²) in [5, 5.41) is 0. The summed E-state index contributed by atoms with van der Waals surface area (Å²) in [5.74, 6) is 0.999. The summed E-state index contributed by atoms with van der Waals surface area (Å²) in [6, 6.07) is 15.5. The van der Waals surface area contributed by atoms with Crippen molar-refractivity contribution < 1.29 is 4.74 Å². The second kappa shape index (κ2) is 11.7. The predicted molar refractivity (Wildman–Crippen MR) is 151 cm³/mol. The molecule has 35 heavy (non-hydrogen) atoms. The Balaban J connectivity index is 1.34. The number of fused-ring (bicyclic) bond motifs is 2. The number of aryl methyl sites for hydroxylation is 1. The lowest BCUT2D eigenvalue weighted by Gasteiger charge is -2.47. The molecule has 2 aromatic rings. The average Bonchev–Trinajstić information content (AvgIpc) is 3.03. The Kier molecular flexibility index (Phi) is 8.63. The van der Waals surface area contributed by atoms with Crippen LogP contribution >= 0.6 is 0 Å². The molecule has 0 radical (unpaired) electrons. The summed E-state index contributed by atoms with van der Waals surface area (Å²) < 4.78 is 6.94. The van der Waals surface area contributed by atoms with Gasteiger partial charge in [-0.15, -0.1) is 0 Å². The Morgan fingerprint density at radius 2 is 1.40 bits per heavy atom. The molecule has 0 saturated heterocycles. The van der Waals surface area contributed by atoms with E-state index in [1.807, 2.05) is 0 Å². The maximum atomic E-state index is 6.94. The van der Waals surface area contributed by atoms with Gasteiger partial charge >= 0.3 is 0 Å². The van der Waals surface area contributed by atoms with Gasteiger partial charge in [-0.3, -0.25) is 0 Å². The first-order valence-electron chi connectivity index (χ1n) is 14.4. The van der Waals surface area contributed by atoms with Gasteiger partial charge in [-0.25, -0.2) is 0 Å². The fourth-order valence-electron chi connectivity index (χ4n) is 6.12. The van der Waals surface area contributed by atoms with Crippen LogP contribution in [0.2, 0.25) is 0 Å². The van der Waals surface area contributed by atoms with E-state index < -0.39 is 5.72 Å². The monoisotopic (exact) mass is 473 g/mol. The molecule has 0 aromatic heterocycles. The first-order chi connectivity index (χ1) is 17.0. The van der Waals surface area contributed by atoms with Crippen LogP contribution in [0.25, 0.3) is 6.08 Å². The number of hydrogen-bond acceptors (Lipinski definition) is 2. The molecule has 2 heterocycles. The summed E-state index contributed by atoms with van der Waals surface area (Å²) in [4.78, 5) is 2.55. The van der Waals surface area contributed by atoms with Crippen molar-refractivity contribution in [2.75, 3.05) is 11.4 Å². The molecule has 1 atom stereocenters. The third-order valence-electron chi connectivity index (χ3n) is 8.32. The lowest BCUT2D eigenvalue weighted by Crippen LogP contribution is -2.59. The Hall–Kier alpha value is -2.22. The highest BCUT2D eigenvalue weighted by Gasteiger charge is 2.58. The standard InChI is InChI=1S/C33H47NO/c1-5-6-7-8-9-10-11-12-13-14-15-18-25-34-30-20-17-16-19-29(30)32(3,4)33(34)24-23-28-26-27(2)21-22-31(28)35-33/h16-17,19-24,26H,5-15,18,25H2,1-4H3/t33-/m1/s1. The molecule has 4 rings (SSSR count). The third-order valence-corrected chi connectivity index (χ3v) is 8.32. The molecule has 2 aliphatic rings. The zero-order chi connectivity index (χ0) is 24.7. The van der Waals surface area contributed by atoms with E-state index in [0.29, 0.717) is 0 Å². The number of benzene rings is 2. The van der Waals surface area contributed by atoms with Gasteiger partial charge in [0.05, 0.1) is 5.41 Å². The summed E-state index contributed by atoms with van der Waals surface area (Å²) in [5.41, 5.74) is 4.57. The number of ether oxygens (including phenoxy) is 1. The fraction of sp³-hybridized carbons (Fsp3) is 0.576. The molecule has 2 nitrogen and oxygen atoms in total. The zero-order valence-electron chi connectivity index (χ0n) is 22.7. The minimum Gasteiger partial charge on any atom is -0.463 e. The van der Waals surface area contributed by atoms with Crippen LogP contribution in [0.15, 0.2) is 48.5 Å². The lowest BCUT2D eigenvalue weighted by molar-refractivity contribution is 0.0531. The van der Waals surface area contributed by atoms with E-state index in [0.717, 1.165) is 12.3 Å². The number of anilines is 1. The van der Waals surface area contributed by atoms with E-state index in [9.17, 15) is 0 Å². The van der Waals surface area contributed by atoms with Crippen LogP contribution in [0.4, 0.5) is 5.69 Å². The Morgan fingerprint density at radius 1 is 0.771 bits per heavy atom. The van der Waals surface area contributed by atoms with Gasteiger partial charge in [0.2, 0.25) is 5.72 Å². The van der Waals surface area contributed by atoms with Gasteiger partial charge in [0.1, 0.15) is 5.75 Å². The van der Waals surface area contributed by atoms with Crippen LogP contribution in [0.5, 0.6) is 5.75 Å². The highest BCUT2D eigenvalue weighted by atomic mass is 16.5. The maximum absolute atomic E-state index is 6.94. The number of unbranched alkanes of at least 4 members (excludes halogenated alkanes) is 11. The normalized spacial score (nSPS) is 19.6. The van der Waals surface area contributed by atoms with Crippen molar-refractivity contribution in [2.24, 2.45) is 0 Å². The SMILES string of the molecule is CCCCCCCCCCCCCCN1c2ccccc2C(C)(C)[C@]12C=Cc1cc(C)ccc1O2. The summed E-state index contributed by atoms with van der Waals surface area (Å²) in [7, 11) is 0. The summed E-state index contributed by atoms with van der Waals surface area (Å²) in [6.45, 7) is 10.2. The number of para-hydroxylation sites is 1.